The van der Waals surface area contributed by atoms with Gasteiger partial charge in [-0.05, 0) is 109 Å². The Balaban J connectivity index is 1.03. The van der Waals surface area contributed by atoms with Crippen LogP contribution in [0.25, 0.3) is 88.3 Å². The predicted molar refractivity (Wildman–Crippen MR) is 253 cm³/mol. The van der Waals surface area contributed by atoms with Gasteiger partial charge in [0.2, 0.25) is 0 Å². The molecule has 60 heavy (non-hydrogen) atoms. The molecule has 0 spiro atoms. The molecular formula is C58H39NO. The molecule has 0 fully saturated rings. The summed E-state index contributed by atoms with van der Waals surface area (Å²) in [5.41, 5.74) is 14.5. The van der Waals surface area contributed by atoms with Crippen LogP contribution in [0.3, 0.4) is 0 Å². The third-order valence-corrected chi connectivity index (χ3v) is 11.7. The second kappa shape index (κ2) is 15.1. The summed E-state index contributed by atoms with van der Waals surface area (Å²) < 4.78 is 6.48. The van der Waals surface area contributed by atoms with Crippen LogP contribution in [0.4, 0.5) is 17.1 Å². The highest BCUT2D eigenvalue weighted by atomic mass is 16.3. The van der Waals surface area contributed by atoms with E-state index in [4.69, 9.17) is 4.42 Å². The van der Waals surface area contributed by atoms with Crippen LogP contribution in [0.2, 0.25) is 0 Å². The van der Waals surface area contributed by atoms with E-state index in [0.29, 0.717) is 0 Å². The van der Waals surface area contributed by atoms with Gasteiger partial charge in [0.05, 0.1) is 5.69 Å². The SMILES string of the molecule is c1ccc(-c2ccc(-c3ccccc3N(c3ccc(-c4ccc(-c5ccccc5)c(-c5cc6ccccc6o5)c4)cc3)c3ccc4c(ccc5ccccc54)c3)cc2)cc1. The molecule has 0 radical (unpaired) electrons. The van der Waals surface area contributed by atoms with Crippen LogP contribution >= 0.6 is 0 Å². The van der Waals surface area contributed by atoms with Crippen molar-refractivity contribution in [3.63, 3.8) is 0 Å². The Hall–Kier alpha value is -7.94. The minimum atomic E-state index is 0.859. The quantitative estimate of drug-likeness (QED) is 0.143. The number of benzene rings is 10. The minimum absolute atomic E-state index is 0.859. The molecule has 0 saturated heterocycles. The normalized spacial score (nSPS) is 11.3. The van der Waals surface area contributed by atoms with Crippen molar-refractivity contribution in [1.29, 1.82) is 0 Å². The van der Waals surface area contributed by atoms with Crippen LogP contribution in [0.15, 0.2) is 241 Å². The molecule has 10 aromatic carbocycles. The fraction of sp³-hybridized carbons (Fsp3) is 0. The Morgan fingerprint density at radius 3 is 1.63 bits per heavy atom. The number of fused-ring (bicyclic) bond motifs is 4. The van der Waals surface area contributed by atoms with Crippen molar-refractivity contribution >= 4 is 49.6 Å². The van der Waals surface area contributed by atoms with Gasteiger partial charge in [0.15, 0.2) is 0 Å². The molecule has 0 amide bonds. The van der Waals surface area contributed by atoms with E-state index in [0.717, 1.165) is 72.7 Å². The molecule has 0 unspecified atom stereocenters. The van der Waals surface area contributed by atoms with Gasteiger partial charge >= 0.3 is 0 Å². The standard InChI is InChI=1S/C58H39NO/c1-3-13-40(14-4-1)41-23-25-45(26-24-41)54-20-10-11-21-56(54)59(50-34-36-53-47(37-50)28-27-44-17-7-9-19-51(44)53)49-32-29-42(30-33-49)46-31-35-52(43-15-5-2-6-16-43)55(38-46)58-39-48-18-8-12-22-57(48)60-58/h1-39H. The molecule has 0 aliphatic carbocycles. The smallest absolute Gasteiger partial charge is 0.136 e. The number of nitrogens with zero attached hydrogens (tertiary/aromatic N) is 1. The lowest BCUT2D eigenvalue weighted by molar-refractivity contribution is 0.632. The van der Waals surface area contributed by atoms with E-state index in [-0.39, 0.29) is 0 Å². The first-order chi connectivity index (χ1) is 29.7. The zero-order valence-electron chi connectivity index (χ0n) is 32.9. The summed E-state index contributed by atoms with van der Waals surface area (Å²) in [7, 11) is 0. The Morgan fingerprint density at radius 2 is 0.833 bits per heavy atom. The van der Waals surface area contributed by atoms with Gasteiger partial charge in [-0.1, -0.05) is 188 Å². The molecule has 11 aromatic rings. The number of furan rings is 1. The number of para-hydroxylation sites is 2. The highest BCUT2D eigenvalue weighted by Gasteiger charge is 2.19. The van der Waals surface area contributed by atoms with Gasteiger partial charge in [-0.2, -0.15) is 0 Å². The summed E-state index contributed by atoms with van der Waals surface area (Å²) in [4.78, 5) is 2.40. The van der Waals surface area contributed by atoms with Crippen molar-refractivity contribution in [3.05, 3.63) is 237 Å². The maximum atomic E-state index is 6.48. The molecule has 282 valence electrons. The van der Waals surface area contributed by atoms with Crippen molar-refractivity contribution in [2.24, 2.45) is 0 Å². The summed E-state index contributed by atoms with van der Waals surface area (Å²) in [5, 5.41) is 6.05. The third kappa shape index (κ3) is 6.51. The molecule has 0 aliphatic rings. The number of rotatable bonds is 8. The predicted octanol–water partition coefficient (Wildman–Crippen LogP) is 16.5. The topological polar surface area (TPSA) is 16.4 Å². The summed E-state index contributed by atoms with van der Waals surface area (Å²) in [6.07, 6.45) is 0. The van der Waals surface area contributed by atoms with Crippen molar-refractivity contribution in [2.75, 3.05) is 4.90 Å². The molecule has 2 heteroatoms. The average Bonchev–Trinajstić information content (AvgIpc) is 3.77. The highest BCUT2D eigenvalue weighted by Crippen LogP contribution is 2.44. The lowest BCUT2D eigenvalue weighted by atomic mass is 9.93. The molecule has 11 rings (SSSR count). The summed E-state index contributed by atoms with van der Waals surface area (Å²) in [5.74, 6) is 0.859. The summed E-state index contributed by atoms with van der Waals surface area (Å²) >= 11 is 0. The van der Waals surface area contributed by atoms with Gasteiger partial charge in [0, 0.05) is 27.9 Å². The average molecular weight is 766 g/mol. The first-order valence-electron chi connectivity index (χ1n) is 20.5. The molecule has 0 aliphatic heterocycles. The van der Waals surface area contributed by atoms with E-state index in [2.05, 4.69) is 229 Å². The van der Waals surface area contributed by atoms with E-state index >= 15 is 0 Å². The van der Waals surface area contributed by atoms with Crippen LogP contribution in [-0.2, 0) is 0 Å². The van der Waals surface area contributed by atoms with E-state index in [9.17, 15) is 0 Å². The minimum Gasteiger partial charge on any atom is -0.456 e. The molecule has 1 aromatic heterocycles. The maximum absolute atomic E-state index is 6.48. The van der Waals surface area contributed by atoms with Crippen molar-refractivity contribution in [2.45, 2.75) is 0 Å². The lowest BCUT2D eigenvalue weighted by Gasteiger charge is -2.28. The second-order valence-corrected chi connectivity index (χ2v) is 15.3. The lowest BCUT2D eigenvalue weighted by Crippen LogP contribution is -2.11. The summed E-state index contributed by atoms with van der Waals surface area (Å²) in [6.45, 7) is 0. The Kier molecular flexibility index (Phi) is 8.87. The first-order valence-corrected chi connectivity index (χ1v) is 20.5. The molecule has 0 atom stereocenters. The number of hydrogen-bond donors (Lipinski definition) is 0. The summed E-state index contributed by atoms with van der Waals surface area (Å²) in [6, 6.07) is 84.9. The number of hydrogen-bond acceptors (Lipinski definition) is 2. The van der Waals surface area contributed by atoms with E-state index in [1.54, 1.807) is 0 Å². The monoisotopic (exact) mass is 765 g/mol. The largest absolute Gasteiger partial charge is 0.456 e. The van der Waals surface area contributed by atoms with Crippen molar-refractivity contribution in [3.8, 4) is 55.8 Å². The zero-order chi connectivity index (χ0) is 39.8. The zero-order valence-corrected chi connectivity index (χ0v) is 32.9. The molecule has 0 saturated carbocycles. The first kappa shape index (κ1) is 35.2. The van der Waals surface area contributed by atoms with Gasteiger partial charge in [0.25, 0.3) is 0 Å². The van der Waals surface area contributed by atoms with E-state index in [1.807, 2.05) is 12.1 Å². The van der Waals surface area contributed by atoms with Crippen LogP contribution in [0.1, 0.15) is 0 Å². The highest BCUT2D eigenvalue weighted by molar-refractivity contribution is 6.09. The molecule has 0 N–H and O–H groups in total. The second-order valence-electron chi connectivity index (χ2n) is 15.3. The van der Waals surface area contributed by atoms with Crippen LogP contribution < -0.4 is 4.90 Å². The fourth-order valence-corrected chi connectivity index (χ4v) is 8.67. The van der Waals surface area contributed by atoms with Gasteiger partial charge < -0.3 is 9.32 Å². The maximum Gasteiger partial charge on any atom is 0.136 e. The van der Waals surface area contributed by atoms with Crippen molar-refractivity contribution in [1.82, 2.24) is 0 Å². The van der Waals surface area contributed by atoms with Crippen LogP contribution in [0.5, 0.6) is 0 Å². The Morgan fingerprint density at radius 1 is 0.283 bits per heavy atom. The van der Waals surface area contributed by atoms with Gasteiger partial charge in [-0.25, -0.2) is 0 Å². The van der Waals surface area contributed by atoms with E-state index < -0.39 is 0 Å². The van der Waals surface area contributed by atoms with Gasteiger partial charge in [-0.3, -0.25) is 0 Å². The number of anilines is 3. The Labute approximate surface area is 349 Å². The third-order valence-electron chi connectivity index (χ3n) is 11.7. The Bertz CT molecular complexity index is 3260. The fourth-order valence-electron chi connectivity index (χ4n) is 8.67. The van der Waals surface area contributed by atoms with E-state index in [1.165, 1.54) is 32.7 Å². The van der Waals surface area contributed by atoms with Crippen LogP contribution in [0, 0.1) is 0 Å². The molecule has 1 heterocycles. The molecule has 2 nitrogen and oxygen atoms in total. The van der Waals surface area contributed by atoms with Gasteiger partial charge in [-0.15, -0.1) is 0 Å². The van der Waals surface area contributed by atoms with Gasteiger partial charge in [0.1, 0.15) is 11.3 Å². The molecular weight excluding hydrogens is 727 g/mol. The molecule has 0 bridgehead atoms. The van der Waals surface area contributed by atoms with Crippen LogP contribution in [-0.4, -0.2) is 0 Å². The van der Waals surface area contributed by atoms with Crippen molar-refractivity contribution < 1.29 is 4.42 Å².